The first-order valence-corrected chi connectivity index (χ1v) is 13.3. The fourth-order valence-electron chi connectivity index (χ4n) is 3.64. The average Bonchev–Trinajstić information content (AvgIpc) is 2.84. The maximum absolute atomic E-state index is 13.0. The summed E-state index contributed by atoms with van der Waals surface area (Å²) in [6.45, 7) is 7.34. The van der Waals surface area contributed by atoms with Crippen molar-refractivity contribution in [3.63, 3.8) is 0 Å². The fourth-order valence-corrected chi connectivity index (χ4v) is 5.54. The van der Waals surface area contributed by atoms with Gasteiger partial charge in [0.25, 0.3) is 0 Å². The lowest BCUT2D eigenvalue weighted by Crippen LogP contribution is -2.41. The number of rotatable bonds is 10. The average molecular weight is 545 g/mol. The van der Waals surface area contributed by atoms with Crippen LogP contribution in [0.25, 0.3) is 0 Å². The monoisotopic (exact) mass is 544 g/mol. The SMILES string of the molecule is COc1cc(/C=N/Nc2ccc(S(=O)(=O)N(C(C)C)C(C)C)cn2)ccc1OC(=O)c1ccc(Cl)cc1. The van der Waals surface area contributed by atoms with E-state index in [9.17, 15) is 13.2 Å². The third-order valence-corrected chi connectivity index (χ3v) is 7.68. The number of sulfonamides is 1. The van der Waals surface area contributed by atoms with Crippen LogP contribution in [0.15, 0.2) is 70.8 Å². The molecule has 0 fully saturated rings. The summed E-state index contributed by atoms with van der Waals surface area (Å²) >= 11 is 5.86. The Morgan fingerprint density at radius 1 is 1.03 bits per heavy atom. The number of halogens is 1. The van der Waals surface area contributed by atoms with Crippen LogP contribution in [0.1, 0.15) is 43.6 Å². The first-order chi connectivity index (χ1) is 17.5. The quantitative estimate of drug-likeness (QED) is 0.161. The van der Waals surface area contributed by atoms with E-state index in [0.717, 1.165) is 0 Å². The van der Waals surface area contributed by atoms with Crippen LogP contribution in [0.4, 0.5) is 5.82 Å². The normalized spacial score (nSPS) is 11.9. The van der Waals surface area contributed by atoms with Gasteiger partial charge in [-0.1, -0.05) is 11.6 Å². The molecule has 1 heterocycles. The Morgan fingerprint density at radius 2 is 1.70 bits per heavy atom. The van der Waals surface area contributed by atoms with Crippen LogP contribution in [0.3, 0.4) is 0 Å². The van der Waals surface area contributed by atoms with Gasteiger partial charge < -0.3 is 9.47 Å². The van der Waals surface area contributed by atoms with E-state index < -0.39 is 16.0 Å². The molecule has 3 aromatic rings. The summed E-state index contributed by atoms with van der Waals surface area (Å²) in [6, 6.07) is 14.0. The van der Waals surface area contributed by atoms with E-state index in [1.165, 1.54) is 29.9 Å². The maximum atomic E-state index is 13.0. The third-order valence-electron chi connectivity index (χ3n) is 5.19. The molecule has 37 heavy (non-hydrogen) atoms. The molecule has 3 rings (SSSR count). The Hall–Kier alpha value is -3.47. The van der Waals surface area contributed by atoms with E-state index >= 15 is 0 Å². The second-order valence-corrected chi connectivity index (χ2v) is 10.9. The summed E-state index contributed by atoms with van der Waals surface area (Å²) in [7, 11) is -2.21. The van der Waals surface area contributed by atoms with Gasteiger partial charge in [0.05, 0.1) is 18.9 Å². The largest absolute Gasteiger partial charge is 0.493 e. The van der Waals surface area contributed by atoms with Gasteiger partial charge in [-0.2, -0.15) is 9.41 Å². The number of nitrogens with zero attached hydrogens (tertiary/aromatic N) is 3. The summed E-state index contributed by atoms with van der Waals surface area (Å²) in [5.74, 6) is 0.428. The highest BCUT2D eigenvalue weighted by atomic mass is 35.5. The summed E-state index contributed by atoms with van der Waals surface area (Å²) in [4.78, 5) is 16.7. The zero-order valence-electron chi connectivity index (χ0n) is 21.2. The van der Waals surface area contributed by atoms with Crippen LogP contribution in [0, 0.1) is 0 Å². The Balaban J connectivity index is 1.67. The fraction of sp³-hybridized carbons (Fsp3) is 0.269. The van der Waals surface area contributed by atoms with Crippen molar-refractivity contribution in [1.82, 2.24) is 9.29 Å². The maximum Gasteiger partial charge on any atom is 0.343 e. The second-order valence-electron chi connectivity index (χ2n) is 8.58. The molecular weight excluding hydrogens is 516 g/mol. The number of hydrogen-bond acceptors (Lipinski definition) is 8. The molecule has 2 aromatic carbocycles. The minimum absolute atomic E-state index is 0.109. The van der Waals surface area contributed by atoms with Gasteiger partial charge >= 0.3 is 5.97 Å². The highest BCUT2D eigenvalue weighted by molar-refractivity contribution is 7.89. The Bertz CT molecular complexity index is 1350. The number of benzene rings is 2. The standard InChI is InChI=1S/C26H29ClN4O5S/c1-17(2)31(18(3)4)37(33,34)22-11-13-25(28-16-22)30-29-15-19-6-12-23(24(14-19)35-5)36-26(32)20-7-9-21(27)10-8-20/h6-18H,1-5H3,(H,28,30)/b29-15+. The van der Waals surface area contributed by atoms with Crippen molar-refractivity contribution in [3.8, 4) is 11.5 Å². The molecule has 1 N–H and O–H groups in total. The zero-order valence-corrected chi connectivity index (χ0v) is 22.7. The minimum Gasteiger partial charge on any atom is -0.493 e. The molecule has 196 valence electrons. The molecule has 0 aliphatic carbocycles. The topological polar surface area (TPSA) is 110 Å². The van der Waals surface area contributed by atoms with Gasteiger partial charge in [0, 0.05) is 23.3 Å². The number of carbonyl (C=O) groups excluding carboxylic acids is 1. The molecular formula is C26H29ClN4O5S. The first kappa shape index (κ1) is 28.1. The number of ether oxygens (including phenoxy) is 2. The lowest BCUT2D eigenvalue weighted by atomic mass is 10.2. The van der Waals surface area contributed by atoms with Crippen LogP contribution in [0.2, 0.25) is 5.02 Å². The van der Waals surface area contributed by atoms with E-state index in [0.29, 0.717) is 27.7 Å². The van der Waals surface area contributed by atoms with Gasteiger partial charge in [-0.25, -0.2) is 18.2 Å². The molecule has 0 bridgehead atoms. The van der Waals surface area contributed by atoms with Crippen molar-refractivity contribution in [3.05, 3.63) is 76.9 Å². The van der Waals surface area contributed by atoms with E-state index in [2.05, 4.69) is 15.5 Å². The predicted octanol–water partition coefficient (Wildman–Crippen LogP) is 5.22. The summed E-state index contributed by atoms with van der Waals surface area (Å²) in [6.07, 6.45) is 2.83. The molecule has 0 radical (unpaired) electrons. The molecule has 9 nitrogen and oxygen atoms in total. The number of methoxy groups -OCH3 is 1. The predicted molar refractivity (Wildman–Crippen MR) is 144 cm³/mol. The van der Waals surface area contributed by atoms with Gasteiger partial charge in [0.1, 0.15) is 10.7 Å². The Morgan fingerprint density at radius 3 is 2.27 bits per heavy atom. The van der Waals surface area contributed by atoms with Gasteiger partial charge in [-0.05, 0) is 87.9 Å². The molecule has 0 unspecified atom stereocenters. The van der Waals surface area contributed by atoms with Crippen LogP contribution in [-0.4, -0.2) is 49.1 Å². The third kappa shape index (κ3) is 7.06. The molecule has 0 saturated carbocycles. The van der Waals surface area contributed by atoms with E-state index in [4.69, 9.17) is 21.1 Å². The number of pyridine rings is 1. The lowest BCUT2D eigenvalue weighted by molar-refractivity contribution is 0.0729. The van der Waals surface area contributed by atoms with Crippen molar-refractivity contribution < 1.29 is 22.7 Å². The summed E-state index contributed by atoms with van der Waals surface area (Å²) in [5, 5.41) is 4.66. The van der Waals surface area contributed by atoms with Gasteiger partial charge in [-0.3, -0.25) is 5.43 Å². The van der Waals surface area contributed by atoms with Gasteiger partial charge in [0.15, 0.2) is 11.5 Å². The molecule has 0 saturated heterocycles. The number of hydrogen-bond donors (Lipinski definition) is 1. The van der Waals surface area contributed by atoms with Crippen molar-refractivity contribution >= 4 is 39.6 Å². The highest BCUT2D eigenvalue weighted by Gasteiger charge is 2.29. The second kappa shape index (κ2) is 12.2. The lowest BCUT2D eigenvalue weighted by Gasteiger charge is -2.29. The smallest absolute Gasteiger partial charge is 0.343 e. The molecule has 1 aromatic heterocycles. The molecule has 0 atom stereocenters. The van der Waals surface area contributed by atoms with Crippen LogP contribution < -0.4 is 14.9 Å². The van der Waals surface area contributed by atoms with E-state index in [1.807, 2.05) is 27.7 Å². The van der Waals surface area contributed by atoms with Crippen LogP contribution in [-0.2, 0) is 10.0 Å². The minimum atomic E-state index is -3.67. The number of aromatic nitrogens is 1. The molecule has 0 spiro atoms. The number of hydrazone groups is 1. The Labute approximate surface area is 222 Å². The number of esters is 1. The van der Waals surface area contributed by atoms with Crippen molar-refractivity contribution in [2.24, 2.45) is 5.10 Å². The summed E-state index contributed by atoms with van der Waals surface area (Å²) in [5.41, 5.74) is 3.79. The molecule has 0 aliphatic heterocycles. The highest BCUT2D eigenvalue weighted by Crippen LogP contribution is 2.28. The van der Waals surface area contributed by atoms with Gasteiger partial charge in [0.2, 0.25) is 10.0 Å². The molecule has 0 amide bonds. The van der Waals surface area contributed by atoms with Gasteiger partial charge in [-0.15, -0.1) is 0 Å². The number of carbonyl (C=O) groups is 1. The number of anilines is 1. The Kier molecular flexibility index (Phi) is 9.25. The van der Waals surface area contributed by atoms with Crippen LogP contribution in [0.5, 0.6) is 11.5 Å². The van der Waals surface area contributed by atoms with Crippen LogP contribution >= 0.6 is 11.6 Å². The van der Waals surface area contributed by atoms with Crippen molar-refractivity contribution in [2.45, 2.75) is 44.7 Å². The number of nitrogens with one attached hydrogen (secondary N) is 1. The van der Waals surface area contributed by atoms with E-state index in [-0.39, 0.29) is 22.7 Å². The summed E-state index contributed by atoms with van der Waals surface area (Å²) < 4.78 is 38.2. The first-order valence-electron chi connectivity index (χ1n) is 11.5. The molecule has 11 heteroatoms. The van der Waals surface area contributed by atoms with Crippen molar-refractivity contribution in [1.29, 1.82) is 0 Å². The van der Waals surface area contributed by atoms with E-state index in [1.54, 1.807) is 48.5 Å². The zero-order chi connectivity index (χ0) is 27.2. The molecule has 0 aliphatic rings. The van der Waals surface area contributed by atoms with Crippen molar-refractivity contribution in [2.75, 3.05) is 12.5 Å².